The van der Waals surface area contributed by atoms with Crippen LogP contribution in [-0.4, -0.2) is 45.5 Å². The van der Waals surface area contributed by atoms with Crippen molar-refractivity contribution in [2.75, 3.05) is 0 Å². The highest BCUT2D eigenvalue weighted by Crippen LogP contribution is 2.38. The first-order chi connectivity index (χ1) is 13.3. The average Bonchev–Trinajstić information content (AvgIpc) is 2.70. The summed E-state index contributed by atoms with van der Waals surface area (Å²) in [5, 5.41) is 0.852. The second kappa shape index (κ2) is 6.26. The van der Waals surface area contributed by atoms with Crippen LogP contribution in [0.2, 0.25) is 0 Å². The summed E-state index contributed by atoms with van der Waals surface area (Å²) < 4.78 is 0. The van der Waals surface area contributed by atoms with Crippen LogP contribution >= 0.6 is 0 Å². The molecule has 0 fully saturated rings. The molecule has 0 saturated carbocycles. The third-order valence-electron chi connectivity index (χ3n) is 6.02. The van der Waals surface area contributed by atoms with E-state index >= 15 is 0 Å². The first-order valence-corrected chi connectivity index (χ1v) is 9.68. The minimum atomic E-state index is -0.375. The molecule has 0 bridgehead atoms. The molecule has 0 radical (unpaired) electrons. The lowest BCUT2D eigenvalue weighted by molar-refractivity contribution is 0.0525. The van der Waals surface area contributed by atoms with Gasteiger partial charge in [-0.3, -0.25) is 29.0 Å². The minimum absolute atomic E-state index is 0.236. The molecule has 6 heteroatoms. The molecule has 2 aromatic carbocycles. The van der Waals surface area contributed by atoms with E-state index in [2.05, 4.69) is 0 Å². The van der Waals surface area contributed by atoms with Gasteiger partial charge in [-0.15, -0.1) is 0 Å². The summed E-state index contributed by atoms with van der Waals surface area (Å²) in [5.74, 6) is -1.50. The van der Waals surface area contributed by atoms with Crippen LogP contribution in [0.4, 0.5) is 0 Å². The highest BCUT2D eigenvalue weighted by Gasteiger charge is 2.41. The van der Waals surface area contributed by atoms with Gasteiger partial charge in [0.1, 0.15) is 0 Å². The van der Waals surface area contributed by atoms with E-state index in [1.54, 1.807) is 24.3 Å². The van der Waals surface area contributed by atoms with Crippen LogP contribution in [0.15, 0.2) is 24.3 Å². The zero-order chi connectivity index (χ0) is 20.3. The first kappa shape index (κ1) is 18.3. The molecular formula is C22H22N2O4. The maximum Gasteiger partial charge on any atom is 0.261 e. The molecule has 4 amide bonds. The second-order valence-electron chi connectivity index (χ2n) is 7.55. The van der Waals surface area contributed by atoms with Gasteiger partial charge in [-0.25, -0.2) is 0 Å². The van der Waals surface area contributed by atoms with Gasteiger partial charge in [0, 0.05) is 45.1 Å². The van der Waals surface area contributed by atoms with Crippen molar-refractivity contribution in [2.24, 2.45) is 0 Å². The van der Waals surface area contributed by atoms with E-state index in [0.29, 0.717) is 45.9 Å². The van der Waals surface area contributed by atoms with E-state index in [1.807, 2.05) is 27.7 Å². The van der Waals surface area contributed by atoms with Crippen LogP contribution in [0.3, 0.4) is 0 Å². The molecule has 0 spiro atoms. The van der Waals surface area contributed by atoms with E-state index in [1.165, 1.54) is 9.80 Å². The van der Waals surface area contributed by atoms with Gasteiger partial charge < -0.3 is 0 Å². The van der Waals surface area contributed by atoms with E-state index in [4.69, 9.17) is 0 Å². The number of hydrogen-bond acceptors (Lipinski definition) is 4. The van der Waals surface area contributed by atoms with Crippen LogP contribution in [0.1, 0.15) is 82.0 Å². The van der Waals surface area contributed by atoms with Gasteiger partial charge in [-0.2, -0.15) is 0 Å². The number of rotatable bonds is 4. The van der Waals surface area contributed by atoms with E-state index in [0.717, 1.165) is 0 Å². The molecule has 0 aliphatic carbocycles. The lowest BCUT2D eigenvalue weighted by Gasteiger charge is -2.35. The standard InChI is InChI=1S/C22H22N2O4/c1-5-11(3)23-19(25)13-7-9-15-18-16(10-8-14(17(13)18)20(23)26)22(28)24(21(15)27)12(4)6-2/h7-12H,5-6H2,1-4H3. The molecule has 144 valence electrons. The van der Waals surface area contributed by atoms with Gasteiger partial charge in [-0.1, -0.05) is 13.8 Å². The summed E-state index contributed by atoms with van der Waals surface area (Å²) in [4.78, 5) is 54.7. The fourth-order valence-corrected chi connectivity index (χ4v) is 4.08. The topological polar surface area (TPSA) is 74.8 Å². The molecule has 2 heterocycles. The molecule has 0 N–H and O–H groups in total. The van der Waals surface area contributed by atoms with E-state index in [-0.39, 0.29) is 35.7 Å². The summed E-state index contributed by atoms with van der Waals surface area (Å²) in [7, 11) is 0. The molecule has 6 nitrogen and oxygen atoms in total. The highest BCUT2D eigenvalue weighted by molar-refractivity contribution is 6.33. The largest absolute Gasteiger partial charge is 0.272 e. The zero-order valence-electron chi connectivity index (χ0n) is 16.4. The number of hydrogen-bond donors (Lipinski definition) is 0. The van der Waals surface area contributed by atoms with Gasteiger partial charge in [0.15, 0.2) is 0 Å². The van der Waals surface area contributed by atoms with Gasteiger partial charge >= 0.3 is 0 Å². The Morgan fingerprint density at radius 3 is 1.07 bits per heavy atom. The summed E-state index contributed by atoms with van der Waals surface area (Å²) in [6.07, 6.45) is 1.29. The van der Waals surface area contributed by atoms with Gasteiger partial charge in [-0.05, 0) is 51.0 Å². The molecule has 2 aliphatic rings. The van der Waals surface area contributed by atoms with Gasteiger partial charge in [0.25, 0.3) is 23.6 Å². The van der Waals surface area contributed by atoms with Crippen molar-refractivity contribution in [3.05, 3.63) is 46.5 Å². The zero-order valence-corrected chi connectivity index (χ0v) is 16.4. The Morgan fingerprint density at radius 1 is 0.607 bits per heavy atom. The van der Waals surface area contributed by atoms with Crippen molar-refractivity contribution in [1.82, 2.24) is 9.80 Å². The summed E-state index contributed by atoms with van der Waals surface area (Å²) in [5.41, 5.74) is 1.47. The van der Waals surface area contributed by atoms with Crippen LogP contribution in [0, 0.1) is 0 Å². The van der Waals surface area contributed by atoms with Crippen molar-refractivity contribution >= 4 is 34.4 Å². The van der Waals surface area contributed by atoms with Gasteiger partial charge in [0.2, 0.25) is 0 Å². The molecular weight excluding hydrogens is 356 g/mol. The summed E-state index contributed by atoms with van der Waals surface area (Å²) >= 11 is 0. The lowest BCUT2D eigenvalue weighted by Crippen LogP contribution is -2.47. The number of carbonyl (C=O) groups is 4. The Labute approximate surface area is 163 Å². The average molecular weight is 378 g/mol. The quantitative estimate of drug-likeness (QED) is 0.762. The number of carbonyl (C=O) groups excluding carboxylic acids is 4. The molecule has 4 rings (SSSR count). The molecule has 2 aliphatic heterocycles. The van der Waals surface area contributed by atoms with Gasteiger partial charge in [0.05, 0.1) is 0 Å². The molecule has 2 atom stereocenters. The maximum atomic E-state index is 13.0. The third kappa shape index (κ3) is 2.20. The SMILES string of the molecule is CCC(C)N1C(=O)c2ccc3c4c(ccc(c24)C1=O)C(=O)N(C(C)CC)C3=O. The highest BCUT2D eigenvalue weighted by atomic mass is 16.2. The maximum absolute atomic E-state index is 13.0. The summed E-state index contributed by atoms with van der Waals surface area (Å²) in [6, 6.07) is 5.96. The second-order valence-corrected chi connectivity index (χ2v) is 7.55. The smallest absolute Gasteiger partial charge is 0.261 e. The fourth-order valence-electron chi connectivity index (χ4n) is 4.08. The Hall–Kier alpha value is -3.02. The number of imide groups is 2. The van der Waals surface area contributed by atoms with Crippen molar-refractivity contribution in [3.63, 3.8) is 0 Å². The minimum Gasteiger partial charge on any atom is -0.272 e. The van der Waals surface area contributed by atoms with E-state index in [9.17, 15) is 19.2 Å². The Balaban J connectivity index is 2.01. The lowest BCUT2D eigenvalue weighted by atomic mass is 9.85. The predicted octanol–water partition coefficient (Wildman–Crippen LogP) is 3.63. The normalized spacial score (nSPS) is 18.1. The van der Waals surface area contributed by atoms with Crippen LogP contribution in [0.25, 0.3) is 10.8 Å². The monoisotopic (exact) mass is 378 g/mol. The van der Waals surface area contributed by atoms with Crippen molar-refractivity contribution in [1.29, 1.82) is 0 Å². The van der Waals surface area contributed by atoms with Crippen LogP contribution < -0.4 is 0 Å². The van der Waals surface area contributed by atoms with Crippen molar-refractivity contribution in [3.8, 4) is 0 Å². The van der Waals surface area contributed by atoms with E-state index < -0.39 is 0 Å². The third-order valence-corrected chi connectivity index (χ3v) is 6.02. The Kier molecular flexibility index (Phi) is 4.10. The predicted molar refractivity (Wildman–Crippen MR) is 104 cm³/mol. The summed E-state index contributed by atoms with van der Waals surface area (Å²) in [6.45, 7) is 7.51. The fraction of sp³-hybridized carbons (Fsp3) is 0.364. The van der Waals surface area contributed by atoms with Crippen LogP contribution in [0.5, 0.6) is 0 Å². The molecule has 28 heavy (non-hydrogen) atoms. The first-order valence-electron chi connectivity index (χ1n) is 9.68. The number of nitrogens with zero attached hydrogens (tertiary/aromatic N) is 2. The Morgan fingerprint density at radius 2 is 0.857 bits per heavy atom. The Bertz CT molecular complexity index is 917. The van der Waals surface area contributed by atoms with Crippen LogP contribution in [-0.2, 0) is 0 Å². The molecule has 0 saturated heterocycles. The number of benzene rings is 2. The number of amides is 4. The molecule has 2 aromatic rings. The van der Waals surface area contributed by atoms with Crippen molar-refractivity contribution < 1.29 is 19.2 Å². The molecule has 0 aromatic heterocycles. The van der Waals surface area contributed by atoms with Crippen molar-refractivity contribution in [2.45, 2.75) is 52.6 Å². The molecule has 2 unspecified atom stereocenters.